The van der Waals surface area contributed by atoms with Gasteiger partial charge in [0.25, 0.3) is 0 Å². The highest BCUT2D eigenvalue weighted by atomic mass is 35.5. The van der Waals surface area contributed by atoms with Gasteiger partial charge in [-0.25, -0.2) is 0 Å². The summed E-state index contributed by atoms with van der Waals surface area (Å²) in [6, 6.07) is 4.78. The SMILES string of the molecule is C=CC/C(=C\C(=O)c1ccc(Cl)c(Cl)c1)NCOC. The maximum absolute atomic E-state index is 12.1. The molecule has 0 bridgehead atoms. The van der Waals surface area contributed by atoms with Crippen molar-refractivity contribution in [3.8, 4) is 0 Å². The van der Waals surface area contributed by atoms with Crippen molar-refractivity contribution in [1.82, 2.24) is 5.32 Å². The molecule has 1 aromatic rings. The summed E-state index contributed by atoms with van der Waals surface area (Å²) in [4.78, 5) is 12.1. The lowest BCUT2D eigenvalue weighted by Crippen LogP contribution is -2.17. The van der Waals surface area contributed by atoms with E-state index in [-0.39, 0.29) is 5.78 Å². The number of carbonyl (C=O) groups excluding carboxylic acids is 1. The molecule has 0 aromatic heterocycles. The minimum Gasteiger partial charge on any atom is -0.366 e. The maximum atomic E-state index is 12.1. The van der Waals surface area contributed by atoms with Gasteiger partial charge < -0.3 is 10.1 Å². The van der Waals surface area contributed by atoms with Crippen molar-refractivity contribution in [3.05, 3.63) is 58.2 Å². The summed E-state index contributed by atoms with van der Waals surface area (Å²) in [5.74, 6) is -0.154. The van der Waals surface area contributed by atoms with E-state index in [2.05, 4.69) is 11.9 Å². The molecule has 0 radical (unpaired) electrons. The molecule has 0 aliphatic heterocycles. The highest BCUT2D eigenvalue weighted by molar-refractivity contribution is 6.42. The maximum Gasteiger partial charge on any atom is 0.187 e. The monoisotopic (exact) mass is 299 g/mol. The molecule has 5 heteroatoms. The molecular formula is C14H15Cl2NO2. The third-order valence-corrected chi connectivity index (χ3v) is 3.06. The Morgan fingerprint density at radius 3 is 2.74 bits per heavy atom. The first-order chi connectivity index (χ1) is 9.08. The van der Waals surface area contributed by atoms with E-state index >= 15 is 0 Å². The van der Waals surface area contributed by atoms with Gasteiger partial charge in [0.15, 0.2) is 5.78 Å². The number of methoxy groups -OCH3 is 1. The Morgan fingerprint density at radius 1 is 1.42 bits per heavy atom. The molecule has 0 fully saturated rings. The number of benzene rings is 1. The Kier molecular flexibility index (Phi) is 6.64. The third kappa shape index (κ3) is 5.07. The zero-order valence-corrected chi connectivity index (χ0v) is 12.1. The largest absolute Gasteiger partial charge is 0.366 e. The van der Waals surface area contributed by atoms with Crippen LogP contribution < -0.4 is 5.32 Å². The number of hydrogen-bond acceptors (Lipinski definition) is 3. The van der Waals surface area contributed by atoms with Crippen molar-refractivity contribution in [1.29, 1.82) is 0 Å². The molecule has 102 valence electrons. The lowest BCUT2D eigenvalue weighted by Gasteiger charge is -2.08. The van der Waals surface area contributed by atoms with Gasteiger partial charge in [0, 0.05) is 30.9 Å². The molecule has 0 unspecified atom stereocenters. The van der Waals surface area contributed by atoms with Gasteiger partial charge in [-0.05, 0) is 18.2 Å². The number of allylic oxidation sites excluding steroid dienone is 2. The van der Waals surface area contributed by atoms with E-state index in [9.17, 15) is 4.79 Å². The van der Waals surface area contributed by atoms with Crippen LogP contribution in [0, 0.1) is 0 Å². The Hall–Kier alpha value is -1.29. The van der Waals surface area contributed by atoms with E-state index in [1.54, 1.807) is 31.4 Å². The van der Waals surface area contributed by atoms with Crippen LogP contribution in [0.2, 0.25) is 10.0 Å². The molecule has 0 atom stereocenters. The van der Waals surface area contributed by atoms with E-state index < -0.39 is 0 Å². The summed E-state index contributed by atoms with van der Waals surface area (Å²) in [5, 5.41) is 3.76. The van der Waals surface area contributed by atoms with Crippen molar-refractivity contribution in [2.45, 2.75) is 6.42 Å². The molecule has 1 rings (SSSR count). The molecule has 19 heavy (non-hydrogen) atoms. The van der Waals surface area contributed by atoms with E-state index in [1.165, 1.54) is 6.08 Å². The first kappa shape index (κ1) is 15.8. The number of halogens is 2. The zero-order chi connectivity index (χ0) is 14.3. The normalized spacial score (nSPS) is 11.2. The quantitative estimate of drug-likeness (QED) is 0.360. The number of carbonyl (C=O) groups is 1. The van der Waals surface area contributed by atoms with E-state index in [0.717, 1.165) is 5.70 Å². The van der Waals surface area contributed by atoms with Crippen LogP contribution in [-0.2, 0) is 4.74 Å². The number of ketones is 1. The fourth-order valence-electron chi connectivity index (χ4n) is 1.39. The second-order valence-electron chi connectivity index (χ2n) is 3.77. The summed E-state index contributed by atoms with van der Waals surface area (Å²) in [6.45, 7) is 3.97. The standard InChI is InChI=1S/C14H15Cl2NO2/c1-3-4-11(17-9-19-2)8-14(18)10-5-6-12(15)13(16)7-10/h3,5-8,17H,1,4,9H2,2H3/b11-8+. The topological polar surface area (TPSA) is 38.3 Å². The molecule has 0 spiro atoms. The highest BCUT2D eigenvalue weighted by Gasteiger charge is 2.07. The molecule has 0 heterocycles. The first-order valence-electron chi connectivity index (χ1n) is 5.62. The summed E-state index contributed by atoms with van der Waals surface area (Å²) in [7, 11) is 1.57. The van der Waals surface area contributed by atoms with Gasteiger partial charge >= 0.3 is 0 Å². The van der Waals surface area contributed by atoms with Crippen molar-refractivity contribution >= 4 is 29.0 Å². The first-order valence-corrected chi connectivity index (χ1v) is 6.37. The Balaban J connectivity index is 2.89. The fraction of sp³-hybridized carbons (Fsp3) is 0.214. The van der Waals surface area contributed by atoms with E-state index in [1.807, 2.05) is 0 Å². The molecule has 0 aliphatic rings. The second kappa shape index (κ2) is 8.00. The van der Waals surface area contributed by atoms with Crippen LogP contribution in [0.4, 0.5) is 0 Å². The van der Waals surface area contributed by atoms with Gasteiger partial charge in [-0.2, -0.15) is 0 Å². The average molecular weight is 300 g/mol. The van der Waals surface area contributed by atoms with Gasteiger partial charge in [-0.3, -0.25) is 4.79 Å². The van der Waals surface area contributed by atoms with Gasteiger partial charge in [0.1, 0.15) is 6.73 Å². The Bertz CT molecular complexity index is 498. The smallest absolute Gasteiger partial charge is 0.187 e. The molecular weight excluding hydrogens is 285 g/mol. The van der Waals surface area contributed by atoms with Crippen LogP contribution in [0.5, 0.6) is 0 Å². The van der Waals surface area contributed by atoms with Crippen molar-refractivity contribution < 1.29 is 9.53 Å². The lowest BCUT2D eigenvalue weighted by molar-refractivity contribution is 0.104. The number of rotatable bonds is 7. The van der Waals surface area contributed by atoms with Crippen LogP contribution in [0.15, 0.2) is 42.6 Å². The van der Waals surface area contributed by atoms with Crippen molar-refractivity contribution in [2.75, 3.05) is 13.8 Å². The van der Waals surface area contributed by atoms with Crippen LogP contribution in [-0.4, -0.2) is 19.6 Å². The lowest BCUT2D eigenvalue weighted by atomic mass is 10.1. The molecule has 0 saturated carbocycles. The molecule has 3 nitrogen and oxygen atoms in total. The molecule has 1 N–H and O–H groups in total. The summed E-state index contributed by atoms with van der Waals surface area (Å²) in [6.07, 6.45) is 3.76. The van der Waals surface area contributed by atoms with Crippen molar-refractivity contribution in [3.63, 3.8) is 0 Å². The van der Waals surface area contributed by atoms with Crippen LogP contribution >= 0.6 is 23.2 Å². The number of hydrogen-bond donors (Lipinski definition) is 1. The minimum absolute atomic E-state index is 0.154. The van der Waals surface area contributed by atoms with Crippen LogP contribution in [0.1, 0.15) is 16.8 Å². The molecule has 0 amide bonds. The Morgan fingerprint density at radius 2 is 2.16 bits per heavy atom. The number of nitrogens with one attached hydrogen (secondary N) is 1. The fourth-order valence-corrected chi connectivity index (χ4v) is 1.69. The molecule has 1 aromatic carbocycles. The minimum atomic E-state index is -0.154. The summed E-state index contributed by atoms with van der Waals surface area (Å²) >= 11 is 11.7. The molecule has 0 aliphatic carbocycles. The van der Waals surface area contributed by atoms with Gasteiger partial charge in [0.2, 0.25) is 0 Å². The van der Waals surface area contributed by atoms with Gasteiger partial charge in [-0.15, -0.1) is 6.58 Å². The van der Waals surface area contributed by atoms with E-state index in [0.29, 0.717) is 28.8 Å². The van der Waals surface area contributed by atoms with Crippen LogP contribution in [0.3, 0.4) is 0 Å². The van der Waals surface area contributed by atoms with Gasteiger partial charge in [-0.1, -0.05) is 29.3 Å². The van der Waals surface area contributed by atoms with Crippen LogP contribution in [0.25, 0.3) is 0 Å². The number of ether oxygens (including phenoxy) is 1. The van der Waals surface area contributed by atoms with Crippen molar-refractivity contribution in [2.24, 2.45) is 0 Å². The zero-order valence-electron chi connectivity index (χ0n) is 10.6. The Labute approximate surface area is 122 Å². The highest BCUT2D eigenvalue weighted by Crippen LogP contribution is 2.23. The van der Waals surface area contributed by atoms with Gasteiger partial charge in [0.05, 0.1) is 10.0 Å². The third-order valence-electron chi connectivity index (χ3n) is 2.32. The summed E-state index contributed by atoms with van der Waals surface area (Å²) in [5.41, 5.74) is 1.21. The average Bonchev–Trinajstić information content (AvgIpc) is 2.39. The molecule has 0 saturated heterocycles. The predicted molar refractivity (Wildman–Crippen MR) is 78.7 cm³/mol. The van der Waals surface area contributed by atoms with E-state index in [4.69, 9.17) is 27.9 Å². The summed E-state index contributed by atoms with van der Waals surface area (Å²) < 4.78 is 4.90. The second-order valence-corrected chi connectivity index (χ2v) is 4.58. The predicted octanol–water partition coefficient (Wildman–Crippen LogP) is 3.83.